The summed E-state index contributed by atoms with van der Waals surface area (Å²) < 4.78 is 8.09. The third-order valence-electron chi connectivity index (χ3n) is 6.57. The number of aromatic nitrogens is 1. The molecule has 0 unspecified atom stereocenters. The zero-order chi connectivity index (χ0) is 23.1. The van der Waals surface area contributed by atoms with Crippen LogP contribution in [-0.4, -0.2) is 11.7 Å². The maximum Gasteiger partial charge on any atom is 0.122 e. The largest absolute Gasteiger partial charge is 0.496 e. The van der Waals surface area contributed by atoms with E-state index in [0.717, 1.165) is 16.7 Å². The number of hydrogen-bond acceptors (Lipinski definition) is 1. The van der Waals surface area contributed by atoms with Crippen molar-refractivity contribution < 1.29 is 4.74 Å². The van der Waals surface area contributed by atoms with Crippen LogP contribution in [-0.2, 0) is 0 Å². The number of rotatable bonds is 4. The zero-order valence-electron chi connectivity index (χ0n) is 19.3. The van der Waals surface area contributed by atoms with Crippen molar-refractivity contribution in [2.45, 2.75) is 6.92 Å². The average molecular weight is 440 g/mol. The van der Waals surface area contributed by atoms with Gasteiger partial charge < -0.3 is 9.30 Å². The third kappa shape index (κ3) is 3.36. The van der Waals surface area contributed by atoms with Gasteiger partial charge in [0.2, 0.25) is 0 Å². The highest BCUT2D eigenvalue weighted by Crippen LogP contribution is 2.38. The minimum Gasteiger partial charge on any atom is -0.496 e. The van der Waals surface area contributed by atoms with Gasteiger partial charge in [-0.2, -0.15) is 0 Å². The molecule has 0 radical (unpaired) electrons. The predicted octanol–water partition coefficient (Wildman–Crippen LogP) is 8.43. The summed E-state index contributed by atoms with van der Waals surface area (Å²) in [5.74, 6) is 0.907. The summed E-state index contributed by atoms with van der Waals surface area (Å²) >= 11 is 0. The Morgan fingerprint density at radius 2 is 1.26 bits per heavy atom. The van der Waals surface area contributed by atoms with E-state index in [0.29, 0.717) is 0 Å². The molecule has 0 aliphatic carbocycles. The molecule has 0 bridgehead atoms. The molecule has 1 heterocycles. The lowest BCUT2D eigenvalue weighted by molar-refractivity contribution is 0.412. The van der Waals surface area contributed by atoms with Crippen LogP contribution in [0.4, 0.5) is 0 Å². The maximum atomic E-state index is 5.69. The van der Waals surface area contributed by atoms with Gasteiger partial charge in [0.1, 0.15) is 5.75 Å². The van der Waals surface area contributed by atoms with Gasteiger partial charge in [0.15, 0.2) is 0 Å². The van der Waals surface area contributed by atoms with Crippen LogP contribution < -0.4 is 4.74 Å². The molecule has 2 heteroatoms. The molecule has 6 aromatic rings. The molecular weight excluding hydrogens is 414 g/mol. The smallest absolute Gasteiger partial charge is 0.122 e. The Morgan fingerprint density at radius 3 is 2.00 bits per heavy atom. The van der Waals surface area contributed by atoms with E-state index in [9.17, 15) is 0 Å². The van der Waals surface area contributed by atoms with Gasteiger partial charge in [0.25, 0.3) is 0 Å². The lowest BCUT2D eigenvalue weighted by Gasteiger charge is -2.18. The van der Waals surface area contributed by atoms with E-state index in [1.54, 1.807) is 7.11 Å². The van der Waals surface area contributed by atoms with Crippen LogP contribution >= 0.6 is 0 Å². The van der Waals surface area contributed by atoms with Gasteiger partial charge in [-0.05, 0) is 71.0 Å². The first-order chi connectivity index (χ1) is 16.7. The number of nitrogens with zero attached hydrogens (tertiary/aromatic N) is 1. The van der Waals surface area contributed by atoms with E-state index in [-0.39, 0.29) is 0 Å². The van der Waals surface area contributed by atoms with E-state index < -0.39 is 0 Å². The Balaban J connectivity index is 1.75. The molecule has 0 aliphatic heterocycles. The van der Waals surface area contributed by atoms with E-state index >= 15 is 0 Å². The van der Waals surface area contributed by atoms with E-state index in [4.69, 9.17) is 4.74 Å². The lowest BCUT2D eigenvalue weighted by Crippen LogP contribution is -2.00. The van der Waals surface area contributed by atoms with Gasteiger partial charge in [-0.1, -0.05) is 78.9 Å². The van der Waals surface area contributed by atoms with Crippen molar-refractivity contribution in [2.24, 2.45) is 0 Å². The number of ether oxygens (including phenoxy) is 1. The molecule has 2 nitrogen and oxygen atoms in total. The third-order valence-corrected chi connectivity index (χ3v) is 6.57. The summed E-state index contributed by atoms with van der Waals surface area (Å²) in [6.07, 6.45) is 0. The molecule has 0 amide bonds. The molecule has 0 saturated heterocycles. The molecule has 0 fully saturated rings. The van der Waals surface area contributed by atoms with Crippen LogP contribution in [0.3, 0.4) is 0 Å². The Morgan fingerprint density at radius 1 is 0.588 bits per heavy atom. The van der Waals surface area contributed by atoms with Crippen molar-refractivity contribution in [3.8, 4) is 33.8 Å². The summed E-state index contributed by atoms with van der Waals surface area (Å²) in [5.41, 5.74) is 8.25. The SMILES string of the molecule is COc1cc2cc(-c3ccccc3)cc(-n3c(-c4ccccc4)cc4ccccc43)c2cc1C. The van der Waals surface area contributed by atoms with Crippen LogP contribution in [0.2, 0.25) is 0 Å². The minimum absolute atomic E-state index is 0.907. The van der Waals surface area contributed by atoms with Crippen molar-refractivity contribution >= 4 is 21.7 Å². The van der Waals surface area contributed by atoms with Gasteiger partial charge in [0.05, 0.1) is 24.0 Å². The van der Waals surface area contributed by atoms with Crippen LogP contribution in [0, 0.1) is 6.92 Å². The molecule has 0 aliphatic rings. The summed E-state index contributed by atoms with van der Waals surface area (Å²) in [4.78, 5) is 0. The van der Waals surface area contributed by atoms with Gasteiger partial charge in [0, 0.05) is 10.8 Å². The van der Waals surface area contributed by atoms with Crippen molar-refractivity contribution in [1.82, 2.24) is 4.57 Å². The van der Waals surface area contributed by atoms with Gasteiger partial charge >= 0.3 is 0 Å². The first kappa shape index (κ1) is 20.3. The fourth-order valence-corrected chi connectivity index (χ4v) is 4.92. The topological polar surface area (TPSA) is 14.2 Å². The second-order valence-corrected chi connectivity index (χ2v) is 8.69. The van der Waals surface area contributed by atoms with Crippen molar-refractivity contribution in [3.05, 3.63) is 121 Å². The number of hydrogen-bond donors (Lipinski definition) is 0. The first-order valence-corrected chi connectivity index (χ1v) is 11.6. The average Bonchev–Trinajstić information content (AvgIpc) is 3.28. The number of fused-ring (bicyclic) bond motifs is 2. The summed E-state index contributed by atoms with van der Waals surface area (Å²) in [5, 5.41) is 3.59. The molecule has 34 heavy (non-hydrogen) atoms. The standard InChI is InChI=1S/C32H25NO/c1-22-17-28-27(21-32(22)34-2)18-26(23-11-5-3-6-12-23)20-31(28)33-29-16-10-9-15-25(29)19-30(33)24-13-7-4-8-14-24/h3-21H,1-2H3. The van der Waals surface area contributed by atoms with Gasteiger partial charge in [-0.3, -0.25) is 0 Å². The minimum atomic E-state index is 0.907. The molecule has 164 valence electrons. The highest BCUT2D eigenvalue weighted by molar-refractivity contribution is 5.99. The number of benzene rings is 5. The van der Waals surface area contributed by atoms with Crippen LogP contribution in [0.15, 0.2) is 115 Å². The summed E-state index contributed by atoms with van der Waals surface area (Å²) in [6.45, 7) is 2.11. The zero-order valence-corrected chi connectivity index (χ0v) is 19.3. The number of methoxy groups -OCH3 is 1. The van der Waals surface area contributed by atoms with E-state index in [2.05, 4.69) is 127 Å². The monoisotopic (exact) mass is 439 g/mol. The normalized spacial score (nSPS) is 11.2. The Labute approximate surface area is 199 Å². The highest BCUT2D eigenvalue weighted by atomic mass is 16.5. The maximum absolute atomic E-state index is 5.69. The Kier molecular flexibility index (Phi) is 4.92. The van der Waals surface area contributed by atoms with Crippen LogP contribution in [0.5, 0.6) is 5.75 Å². The molecule has 5 aromatic carbocycles. The fraction of sp³-hybridized carbons (Fsp3) is 0.0625. The first-order valence-electron chi connectivity index (χ1n) is 11.6. The Bertz CT molecular complexity index is 1630. The second kappa shape index (κ2) is 8.24. The Hall–Kier alpha value is -4.30. The number of aryl methyl sites for hydroxylation is 1. The van der Waals surface area contributed by atoms with Crippen LogP contribution in [0.1, 0.15) is 5.56 Å². The quantitative estimate of drug-likeness (QED) is 0.269. The molecule has 0 spiro atoms. The fourth-order valence-electron chi connectivity index (χ4n) is 4.92. The van der Waals surface area contributed by atoms with Crippen molar-refractivity contribution in [1.29, 1.82) is 0 Å². The second-order valence-electron chi connectivity index (χ2n) is 8.69. The molecule has 6 rings (SSSR count). The summed E-state index contributed by atoms with van der Waals surface area (Å²) in [6, 6.07) is 41.1. The lowest BCUT2D eigenvalue weighted by atomic mass is 9.97. The van der Waals surface area contributed by atoms with Crippen molar-refractivity contribution in [3.63, 3.8) is 0 Å². The van der Waals surface area contributed by atoms with Gasteiger partial charge in [-0.15, -0.1) is 0 Å². The van der Waals surface area contributed by atoms with Crippen molar-refractivity contribution in [2.75, 3.05) is 7.11 Å². The molecule has 1 aromatic heterocycles. The van der Waals surface area contributed by atoms with Crippen LogP contribution in [0.25, 0.3) is 49.7 Å². The predicted molar refractivity (Wildman–Crippen MR) is 143 cm³/mol. The molecule has 0 saturated carbocycles. The molecular formula is C32H25NO. The van der Waals surface area contributed by atoms with E-state index in [1.807, 2.05) is 0 Å². The molecule has 0 atom stereocenters. The number of para-hydroxylation sites is 1. The van der Waals surface area contributed by atoms with Gasteiger partial charge in [-0.25, -0.2) is 0 Å². The summed E-state index contributed by atoms with van der Waals surface area (Å²) in [7, 11) is 1.74. The molecule has 0 N–H and O–H groups in total. The highest BCUT2D eigenvalue weighted by Gasteiger charge is 2.17. The van der Waals surface area contributed by atoms with E-state index in [1.165, 1.54) is 44.4 Å².